The van der Waals surface area contributed by atoms with Crippen LogP contribution in [0.4, 0.5) is 17.6 Å². The Morgan fingerprint density at radius 2 is 1.75 bits per heavy atom. The third-order valence-corrected chi connectivity index (χ3v) is 0.766. The van der Waals surface area contributed by atoms with Gasteiger partial charge in [0, 0.05) is 4.21 Å². The van der Waals surface area contributed by atoms with Crippen molar-refractivity contribution in [1.29, 1.82) is 0 Å². The largest absolute Gasteiger partial charge is 0.590 e. The molecule has 0 amide bonds. The Bertz CT molecular complexity index is 92.0. The van der Waals surface area contributed by atoms with Crippen LogP contribution in [0.15, 0.2) is 0 Å². The highest BCUT2D eigenvalue weighted by Crippen LogP contribution is 2.20. The molecule has 48 valence electrons. The highest BCUT2D eigenvalue weighted by molar-refractivity contribution is 7.66. The number of alkyl halides is 4. The average Bonchev–Trinajstić information content (AvgIpc) is 1.67. The highest BCUT2D eigenvalue weighted by atomic mass is 32.1. The molecule has 0 saturated heterocycles. The molecule has 0 fully saturated rings. The van der Waals surface area contributed by atoms with Gasteiger partial charge in [0.15, 0.2) is 0 Å². The Balaban J connectivity index is 3.90. The zero-order chi connectivity index (χ0) is 6.78. The van der Waals surface area contributed by atoms with Gasteiger partial charge < -0.3 is 0 Å². The van der Waals surface area contributed by atoms with Crippen molar-refractivity contribution in [2.24, 2.45) is 0 Å². The van der Waals surface area contributed by atoms with Crippen LogP contribution >= 0.6 is 0 Å². The van der Waals surface area contributed by atoms with E-state index in [0.717, 1.165) is 0 Å². The summed E-state index contributed by atoms with van der Waals surface area (Å²) in [6.45, 7) is 0. The van der Waals surface area contributed by atoms with Gasteiger partial charge in [-0.15, -0.1) is 8.78 Å². The Morgan fingerprint density at radius 1 is 1.38 bits per heavy atom. The minimum Gasteiger partial charge on any atom is -0.196 e. The molecular weight excluding hydrogens is 148 g/mol. The van der Waals surface area contributed by atoms with Gasteiger partial charge in [0.1, 0.15) is 0 Å². The molecule has 0 aromatic carbocycles. The van der Waals surface area contributed by atoms with Crippen molar-refractivity contribution < 1.29 is 21.8 Å². The Morgan fingerprint density at radius 3 is 1.75 bits per heavy atom. The molecule has 1 nitrogen and oxygen atoms in total. The Kier molecular flexibility index (Phi) is 2.26. The van der Waals surface area contributed by atoms with Crippen LogP contribution in [-0.4, -0.2) is 11.7 Å². The van der Waals surface area contributed by atoms with Gasteiger partial charge in [0.05, 0.1) is 0 Å². The van der Waals surface area contributed by atoms with Crippen molar-refractivity contribution in [1.82, 2.24) is 0 Å². The van der Waals surface area contributed by atoms with Gasteiger partial charge in [0.2, 0.25) is 0 Å². The quantitative estimate of drug-likeness (QED) is 0.427. The molecule has 0 aromatic heterocycles. The summed E-state index contributed by atoms with van der Waals surface area (Å²) in [5, 5.41) is -4.43. The minimum atomic E-state index is -4.43. The molecular formula is C2HF4OS+. The predicted octanol–water partition coefficient (Wildman–Crippen LogP) is 1.27. The molecule has 0 aromatic rings. The second-order valence-corrected chi connectivity index (χ2v) is 1.66. The summed E-state index contributed by atoms with van der Waals surface area (Å²) < 4.78 is 53.1. The van der Waals surface area contributed by atoms with Crippen LogP contribution in [0.5, 0.6) is 0 Å². The monoisotopic (exact) mass is 149 g/mol. The van der Waals surface area contributed by atoms with E-state index in [1.54, 1.807) is 0 Å². The molecule has 0 radical (unpaired) electrons. The van der Waals surface area contributed by atoms with Crippen molar-refractivity contribution in [2.45, 2.75) is 11.7 Å². The molecule has 0 heterocycles. The van der Waals surface area contributed by atoms with Crippen LogP contribution in [0, 0.1) is 0 Å². The van der Waals surface area contributed by atoms with Crippen LogP contribution in [0.3, 0.4) is 0 Å². The third-order valence-electron chi connectivity index (χ3n) is 0.365. The van der Waals surface area contributed by atoms with Crippen LogP contribution in [0.2, 0.25) is 0 Å². The maximum atomic E-state index is 11.2. The molecule has 8 heavy (non-hydrogen) atoms. The fourth-order valence-electron chi connectivity index (χ4n) is 0.0364. The molecule has 0 N–H and O–H groups in total. The SMILES string of the molecule is O=[S+]C(F)(F)C(F)F. The summed E-state index contributed by atoms with van der Waals surface area (Å²) in [4.78, 5) is 0. The van der Waals surface area contributed by atoms with Crippen molar-refractivity contribution in [3.8, 4) is 0 Å². The van der Waals surface area contributed by atoms with E-state index in [1.807, 2.05) is 0 Å². The summed E-state index contributed by atoms with van der Waals surface area (Å²) in [7, 11) is 0. The Labute approximate surface area is 46.2 Å². The van der Waals surface area contributed by atoms with E-state index >= 15 is 0 Å². The normalized spacial score (nSPS) is 12.1. The van der Waals surface area contributed by atoms with E-state index < -0.39 is 23.3 Å². The van der Waals surface area contributed by atoms with Crippen LogP contribution in [0.1, 0.15) is 0 Å². The Hall–Kier alpha value is -0.260. The zero-order valence-corrected chi connectivity index (χ0v) is 4.22. The van der Waals surface area contributed by atoms with Crippen molar-refractivity contribution >= 4 is 11.7 Å². The number of halogens is 4. The first-order valence-corrected chi connectivity index (χ1v) is 2.22. The number of hydrogen-bond donors (Lipinski definition) is 0. The van der Waals surface area contributed by atoms with E-state index in [-0.39, 0.29) is 0 Å². The second kappa shape index (κ2) is 2.34. The molecule has 0 bridgehead atoms. The fourth-order valence-corrected chi connectivity index (χ4v) is 0.109. The lowest BCUT2D eigenvalue weighted by Crippen LogP contribution is -2.24. The molecule has 0 atom stereocenters. The number of rotatable bonds is 2. The summed E-state index contributed by atoms with van der Waals surface area (Å²) in [6, 6.07) is 0. The summed E-state index contributed by atoms with van der Waals surface area (Å²) in [5.74, 6) is 0. The minimum absolute atomic E-state index is 1.40. The van der Waals surface area contributed by atoms with Crippen molar-refractivity contribution in [3.05, 3.63) is 0 Å². The van der Waals surface area contributed by atoms with Gasteiger partial charge in [-0.25, -0.2) is 0 Å². The smallest absolute Gasteiger partial charge is 0.196 e. The lowest BCUT2D eigenvalue weighted by molar-refractivity contribution is -0.0584. The number of hydrogen-bond acceptors (Lipinski definition) is 1. The third kappa shape index (κ3) is 1.69. The van der Waals surface area contributed by atoms with E-state index in [1.165, 1.54) is 0 Å². The lowest BCUT2D eigenvalue weighted by atomic mass is 10.7. The van der Waals surface area contributed by atoms with Crippen molar-refractivity contribution in [3.63, 3.8) is 0 Å². The van der Waals surface area contributed by atoms with E-state index in [0.29, 0.717) is 0 Å². The van der Waals surface area contributed by atoms with Crippen molar-refractivity contribution in [2.75, 3.05) is 0 Å². The fraction of sp³-hybridized carbons (Fsp3) is 1.00. The summed E-state index contributed by atoms with van der Waals surface area (Å²) in [6.07, 6.45) is -3.87. The first-order chi connectivity index (χ1) is 3.50. The van der Waals surface area contributed by atoms with E-state index in [4.69, 9.17) is 4.21 Å². The van der Waals surface area contributed by atoms with Gasteiger partial charge >= 0.3 is 23.3 Å². The topological polar surface area (TPSA) is 17.1 Å². The van der Waals surface area contributed by atoms with Gasteiger partial charge in [-0.05, 0) is 0 Å². The first kappa shape index (κ1) is 7.74. The predicted molar refractivity (Wildman–Crippen MR) is 19.0 cm³/mol. The zero-order valence-electron chi connectivity index (χ0n) is 3.41. The molecule has 0 saturated carbocycles. The molecule has 0 spiro atoms. The average molecular weight is 149 g/mol. The first-order valence-electron chi connectivity index (χ1n) is 1.47. The van der Waals surface area contributed by atoms with Gasteiger partial charge in [-0.1, -0.05) is 0 Å². The molecule has 0 aliphatic carbocycles. The van der Waals surface area contributed by atoms with Crippen LogP contribution in [-0.2, 0) is 15.9 Å². The molecule has 0 rings (SSSR count). The molecule has 0 aliphatic rings. The maximum absolute atomic E-state index is 11.2. The van der Waals surface area contributed by atoms with Gasteiger partial charge in [-0.3, -0.25) is 0 Å². The van der Waals surface area contributed by atoms with E-state index in [9.17, 15) is 17.6 Å². The summed E-state index contributed by atoms with van der Waals surface area (Å²) in [5.41, 5.74) is 0. The molecule has 6 heteroatoms. The molecule has 0 aliphatic heterocycles. The van der Waals surface area contributed by atoms with Gasteiger partial charge in [0.25, 0.3) is 0 Å². The standard InChI is InChI=1S/C2HF4OS/c3-1(4)2(5,6)8-7/h1H/q+1. The summed E-state index contributed by atoms with van der Waals surface area (Å²) >= 11 is -1.40. The van der Waals surface area contributed by atoms with Crippen LogP contribution in [0.25, 0.3) is 0 Å². The van der Waals surface area contributed by atoms with Crippen LogP contribution < -0.4 is 0 Å². The lowest BCUT2D eigenvalue weighted by Gasteiger charge is -1.90. The second-order valence-electron chi connectivity index (χ2n) is 0.946. The van der Waals surface area contributed by atoms with E-state index in [2.05, 4.69) is 0 Å². The van der Waals surface area contributed by atoms with Gasteiger partial charge in [-0.2, -0.15) is 8.78 Å². The molecule has 0 unspecified atom stereocenters. The highest BCUT2D eigenvalue weighted by Gasteiger charge is 2.56. The maximum Gasteiger partial charge on any atom is 0.590 e.